The Balaban J connectivity index is 1.01. The van der Waals surface area contributed by atoms with E-state index in [-0.39, 0.29) is 0 Å². The van der Waals surface area contributed by atoms with Crippen LogP contribution < -0.4 is 4.90 Å². The van der Waals surface area contributed by atoms with Gasteiger partial charge >= 0.3 is 0 Å². The van der Waals surface area contributed by atoms with Crippen LogP contribution in [0.25, 0.3) is 104 Å². The molecule has 0 aliphatic rings. The van der Waals surface area contributed by atoms with E-state index in [1.54, 1.807) is 6.20 Å². The highest BCUT2D eigenvalue weighted by molar-refractivity contribution is 6.19. The number of hydrogen-bond donors (Lipinski definition) is 0. The number of hydrogen-bond acceptors (Lipinski definition) is 3. The van der Waals surface area contributed by atoms with Crippen molar-refractivity contribution in [1.29, 1.82) is 0 Å². The maximum absolute atomic E-state index is 6.45. The number of benzene rings is 10. The van der Waals surface area contributed by atoms with E-state index in [0.717, 1.165) is 55.6 Å². The van der Waals surface area contributed by atoms with Gasteiger partial charge in [0.1, 0.15) is 5.58 Å². The van der Waals surface area contributed by atoms with Crippen molar-refractivity contribution < 1.29 is 4.42 Å². The van der Waals surface area contributed by atoms with Crippen molar-refractivity contribution in [1.82, 2.24) is 9.55 Å². The fraction of sp³-hybridized carbons (Fsp3) is 0. The first-order valence-corrected chi connectivity index (χ1v) is 20.8. The summed E-state index contributed by atoms with van der Waals surface area (Å²) in [4.78, 5) is 6.76. The highest BCUT2D eigenvalue weighted by Crippen LogP contribution is 2.47. The first-order valence-electron chi connectivity index (χ1n) is 20.8. The average molecular weight is 778 g/mol. The topological polar surface area (TPSA) is 34.2 Å². The number of rotatable bonds is 5. The van der Waals surface area contributed by atoms with E-state index >= 15 is 0 Å². The first kappa shape index (κ1) is 33.7. The predicted octanol–water partition coefficient (Wildman–Crippen LogP) is 15.8. The molecule has 0 bridgehead atoms. The van der Waals surface area contributed by atoms with E-state index in [2.05, 4.69) is 209 Å². The predicted molar refractivity (Wildman–Crippen MR) is 256 cm³/mol. The van der Waals surface area contributed by atoms with Gasteiger partial charge in [-0.2, -0.15) is 0 Å². The second-order valence-electron chi connectivity index (χ2n) is 15.9. The van der Waals surface area contributed by atoms with E-state index < -0.39 is 0 Å². The fourth-order valence-corrected chi connectivity index (χ4v) is 9.91. The zero-order valence-electron chi connectivity index (χ0n) is 33.0. The number of furan rings is 1. The van der Waals surface area contributed by atoms with Crippen LogP contribution >= 0.6 is 0 Å². The van der Waals surface area contributed by atoms with Gasteiger partial charge in [0, 0.05) is 61.3 Å². The molecule has 0 amide bonds. The quantitative estimate of drug-likeness (QED) is 0.163. The van der Waals surface area contributed by atoms with Crippen molar-refractivity contribution in [3.05, 3.63) is 213 Å². The first-order chi connectivity index (χ1) is 30.3. The molecule has 0 spiro atoms. The van der Waals surface area contributed by atoms with Crippen molar-refractivity contribution in [2.75, 3.05) is 4.90 Å². The number of fused-ring (bicyclic) bond motifs is 12. The number of pyridine rings is 1. The van der Waals surface area contributed by atoms with Crippen molar-refractivity contribution in [2.45, 2.75) is 0 Å². The summed E-state index contributed by atoms with van der Waals surface area (Å²) in [6.45, 7) is 0. The summed E-state index contributed by atoms with van der Waals surface area (Å²) in [5.74, 6) is 0. The second kappa shape index (κ2) is 13.2. The van der Waals surface area contributed by atoms with Crippen molar-refractivity contribution in [3.63, 3.8) is 0 Å². The maximum Gasteiger partial charge on any atom is 0.153 e. The van der Waals surface area contributed by atoms with Gasteiger partial charge in [-0.15, -0.1) is 0 Å². The maximum atomic E-state index is 6.45. The van der Waals surface area contributed by atoms with Crippen molar-refractivity contribution in [2.24, 2.45) is 0 Å². The highest BCUT2D eigenvalue weighted by Gasteiger charge is 2.22. The van der Waals surface area contributed by atoms with Gasteiger partial charge in [0.05, 0.1) is 28.6 Å². The third kappa shape index (κ3) is 5.09. The smallest absolute Gasteiger partial charge is 0.153 e. The Hall–Kier alpha value is -8.21. The zero-order valence-corrected chi connectivity index (χ0v) is 33.0. The molecule has 3 heterocycles. The second-order valence-corrected chi connectivity index (χ2v) is 15.9. The van der Waals surface area contributed by atoms with Crippen LogP contribution in [0.15, 0.2) is 217 Å². The molecule has 0 saturated heterocycles. The largest absolute Gasteiger partial charge is 0.454 e. The summed E-state index contributed by atoms with van der Waals surface area (Å²) in [6, 6.07) is 72.9. The Bertz CT molecular complexity index is 3890. The minimum absolute atomic E-state index is 0.782. The lowest BCUT2D eigenvalue weighted by atomic mass is 9.95. The molecule has 0 radical (unpaired) electrons. The Morgan fingerprint density at radius 2 is 1.07 bits per heavy atom. The summed E-state index contributed by atoms with van der Waals surface area (Å²) >= 11 is 0. The van der Waals surface area contributed by atoms with Crippen LogP contribution in [-0.4, -0.2) is 9.55 Å². The fourth-order valence-electron chi connectivity index (χ4n) is 9.91. The lowest BCUT2D eigenvalue weighted by molar-refractivity contribution is 0.667. The Labute approximate surface area is 350 Å². The zero-order chi connectivity index (χ0) is 40.0. The Kier molecular flexibility index (Phi) is 7.27. The molecular weight excluding hydrogens is 743 g/mol. The number of para-hydroxylation sites is 1. The van der Waals surface area contributed by atoms with Crippen LogP contribution in [0.3, 0.4) is 0 Å². The van der Waals surface area contributed by atoms with Crippen LogP contribution in [0.5, 0.6) is 0 Å². The van der Waals surface area contributed by atoms with E-state index in [9.17, 15) is 0 Å². The van der Waals surface area contributed by atoms with Gasteiger partial charge in [-0.05, 0) is 86.6 Å². The molecule has 0 aliphatic carbocycles. The van der Waals surface area contributed by atoms with Crippen LogP contribution in [0.2, 0.25) is 0 Å². The van der Waals surface area contributed by atoms with Gasteiger partial charge in [0.15, 0.2) is 5.58 Å². The molecule has 0 saturated carbocycles. The molecule has 0 fully saturated rings. The lowest BCUT2D eigenvalue weighted by Gasteiger charge is -2.29. The van der Waals surface area contributed by atoms with E-state index in [0.29, 0.717) is 0 Å². The lowest BCUT2D eigenvalue weighted by Crippen LogP contribution is -2.11. The highest BCUT2D eigenvalue weighted by atomic mass is 16.3. The van der Waals surface area contributed by atoms with E-state index in [1.165, 1.54) is 65.1 Å². The average Bonchev–Trinajstić information content (AvgIpc) is 3.88. The van der Waals surface area contributed by atoms with Crippen LogP contribution in [0, 0.1) is 0 Å². The standard InChI is InChI=1S/C57H35N3O/c1-4-14-43-36(11-1)23-27-51-48-19-9-10-20-52(48)60(57(43)51)39-24-21-37(22-25-39)42-29-30-53(46-17-7-5-16-45(42)46)59(40-26-28-49-50-31-32-58-35-56(50)61-55(49)34-40)54-33-38-12-2-3-13-41(38)44-15-6-8-18-47(44)54/h1-35H. The Morgan fingerprint density at radius 3 is 1.90 bits per heavy atom. The summed E-state index contributed by atoms with van der Waals surface area (Å²) < 4.78 is 8.88. The number of nitrogens with zero attached hydrogens (tertiary/aromatic N) is 3. The minimum Gasteiger partial charge on any atom is -0.454 e. The van der Waals surface area contributed by atoms with Gasteiger partial charge in [-0.1, -0.05) is 146 Å². The summed E-state index contributed by atoms with van der Waals surface area (Å²) in [7, 11) is 0. The minimum atomic E-state index is 0.782. The van der Waals surface area contributed by atoms with Crippen LogP contribution in [-0.2, 0) is 0 Å². The molecule has 4 nitrogen and oxygen atoms in total. The third-order valence-corrected chi connectivity index (χ3v) is 12.6. The van der Waals surface area contributed by atoms with Gasteiger partial charge in [0.25, 0.3) is 0 Å². The van der Waals surface area contributed by atoms with Crippen LogP contribution in [0.1, 0.15) is 0 Å². The molecule has 3 aromatic heterocycles. The van der Waals surface area contributed by atoms with Gasteiger partial charge in [0.2, 0.25) is 0 Å². The van der Waals surface area contributed by atoms with Crippen molar-refractivity contribution in [3.8, 4) is 16.8 Å². The third-order valence-electron chi connectivity index (χ3n) is 12.6. The van der Waals surface area contributed by atoms with Gasteiger partial charge in [-0.25, -0.2) is 0 Å². The van der Waals surface area contributed by atoms with Gasteiger partial charge in [-0.3, -0.25) is 4.98 Å². The number of aromatic nitrogens is 2. The van der Waals surface area contributed by atoms with Crippen LogP contribution in [0.4, 0.5) is 17.1 Å². The molecule has 10 aromatic carbocycles. The van der Waals surface area contributed by atoms with Crippen molar-refractivity contribution >= 4 is 104 Å². The SMILES string of the molecule is c1ccc2c(c1)cc(N(c1ccc3c(c1)oc1cnccc13)c1ccc(-c3ccc(-n4c5ccccc5c5ccc6ccccc6c54)cc3)c3ccccc13)c1ccccc12. The molecule has 4 heteroatoms. The molecular formula is C57H35N3O. The number of anilines is 3. The molecule has 0 N–H and O–H groups in total. The Morgan fingerprint density at radius 1 is 0.410 bits per heavy atom. The summed E-state index contributed by atoms with van der Waals surface area (Å²) in [5.41, 5.74) is 10.7. The van der Waals surface area contributed by atoms with E-state index in [4.69, 9.17) is 4.42 Å². The summed E-state index contributed by atoms with van der Waals surface area (Å²) in [5, 5.41) is 14.3. The molecule has 0 aliphatic heterocycles. The van der Waals surface area contributed by atoms with Gasteiger partial charge < -0.3 is 13.9 Å². The molecule has 61 heavy (non-hydrogen) atoms. The molecule has 13 rings (SSSR count). The monoisotopic (exact) mass is 777 g/mol. The molecule has 13 aromatic rings. The normalized spacial score (nSPS) is 11.9. The molecule has 284 valence electrons. The molecule has 0 unspecified atom stereocenters. The summed E-state index contributed by atoms with van der Waals surface area (Å²) in [6.07, 6.45) is 3.62. The van der Waals surface area contributed by atoms with E-state index in [1.807, 2.05) is 12.3 Å². The molecule has 0 atom stereocenters.